The molecule has 0 aliphatic carbocycles. The van der Waals surface area contributed by atoms with Crippen LogP contribution in [0.3, 0.4) is 0 Å². The minimum absolute atomic E-state index is 0.0464. The highest BCUT2D eigenvalue weighted by Crippen LogP contribution is 2.36. The molecule has 0 aliphatic heterocycles. The summed E-state index contributed by atoms with van der Waals surface area (Å²) in [4.78, 5) is 0. The summed E-state index contributed by atoms with van der Waals surface area (Å²) in [7, 11) is 0. The molecule has 0 amide bonds. The van der Waals surface area contributed by atoms with Crippen molar-refractivity contribution < 1.29 is 15.3 Å². The zero-order valence-electron chi connectivity index (χ0n) is 8.38. The minimum Gasteiger partial charge on any atom is -0.506 e. The van der Waals surface area contributed by atoms with Gasteiger partial charge in [0.25, 0.3) is 0 Å². The lowest BCUT2D eigenvalue weighted by molar-refractivity contribution is 0.454. The monoisotopic (exact) mass is 217 g/mol. The number of anilines is 2. The lowest BCUT2D eigenvalue weighted by Gasteiger charge is -2.11. The van der Waals surface area contributed by atoms with Crippen LogP contribution in [0.2, 0.25) is 0 Å². The van der Waals surface area contributed by atoms with E-state index in [1.54, 1.807) is 18.2 Å². The molecule has 0 unspecified atom stereocenters. The number of aromatic hydroxyl groups is 3. The molecule has 4 heteroatoms. The van der Waals surface area contributed by atoms with E-state index >= 15 is 0 Å². The van der Waals surface area contributed by atoms with E-state index in [9.17, 15) is 15.3 Å². The van der Waals surface area contributed by atoms with Gasteiger partial charge < -0.3 is 20.6 Å². The van der Waals surface area contributed by atoms with Crippen molar-refractivity contribution in [3.8, 4) is 17.2 Å². The molecule has 82 valence electrons. The SMILES string of the molecule is Oc1ccccc1Nc1c(O)cccc1O. The Hall–Kier alpha value is -2.36. The molecule has 0 saturated carbocycles. The molecule has 0 aromatic heterocycles. The Labute approximate surface area is 92.4 Å². The van der Waals surface area contributed by atoms with Crippen LogP contribution < -0.4 is 5.32 Å². The smallest absolute Gasteiger partial charge is 0.142 e. The Morgan fingerprint density at radius 3 is 1.88 bits per heavy atom. The molecule has 2 aromatic carbocycles. The van der Waals surface area contributed by atoms with Crippen molar-refractivity contribution in [2.24, 2.45) is 0 Å². The number of phenols is 3. The highest BCUT2D eigenvalue weighted by molar-refractivity contribution is 5.74. The van der Waals surface area contributed by atoms with E-state index in [-0.39, 0.29) is 22.9 Å². The van der Waals surface area contributed by atoms with Crippen LogP contribution in [0, 0.1) is 0 Å². The first-order valence-corrected chi connectivity index (χ1v) is 4.74. The third-order valence-electron chi connectivity index (χ3n) is 2.18. The van der Waals surface area contributed by atoms with Gasteiger partial charge in [0.05, 0.1) is 5.69 Å². The van der Waals surface area contributed by atoms with Crippen LogP contribution in [0.15, 0.2) is 42.5 Å². The van der Waals surface area contributed by atoms with Crippen molar-refractivity contribution in [2.45, 2.75) is 0 Å². The number of nitrogens with one attached hydrogen (secondary N) is 1. The number of para-hydroxylation sites is 3. The van der Waals surface area contributed by atoms with Crippen LogP contribution in [0.1, 0.15) is 0 Å². The van der Waals surface area contributed by atoms with Gasteiger partial charge in [-0.2, -0.15) is 0 Å². The highest BCUT2D eigenvalue weighted by atomic mass is 16.3. The van der Waals surface area contributed by atoms with Crippen molar-refractivity contribution in [1.82, 2.24) is 0 Å². The Morgan fingerprint density at radius 2 is 1.25 bits per heavy atom. The van der Waals surface area contributed by atoms with Crippen LogP contribution in [-0.2, 0) is 0 Å². The summed E-state index contributed by atoms with van der Waals surface area (Å²) in [5, 5.41) is 31.4. The predicted octanol–water partition coefficient (Wildman–Crippen LogP) is 2.55. The molecule has 2 aromatic rings. The van der Waals surface area contributed by atoms with Crippen molar-refractivity contribution in [2.75, 3.05) is 5.32 Å². The van der Waals surface area contributed by atoms with Gasteiger partial charge in [-0.25, -0.2) is 0 Å². The van der Waals surface area contributed by atoms with E-state index < -0.39 is 0 Å². The fourth-order valence-electron chi connectivity index (χ4n) is 1.37. The molecule has 4 N–H and O–H groups in total. The van der Waals surface area contributed by atoms with Crippen LogP contribution in [-0.4, -0.2) is 15.3 Å². The largest absolute Gasteiger partial charge is 0.506 e. The third-order valence-corrected chi connectivity index (χ3v) is 2.18. The van der Waals surface area contributed by atoms with Crippen molar-refractivity contribution in [1.29, 1.82) is 0 Å². The van der Waals surface area contributed by atoms with Crippen LogP contribution in [0.25, 0.3) is 0 Å². The molecule has 0 fully saturated rings. The van der Waals surface area contributed by atoms with Crippen LogP contribution in [0.5, 0.6) is 17.2 Å². The fourth-order valence-corrected chi connectivity index (χ4v) is 1.37. The van der Waals surface area contributed by atoms with Gasteiger partial charge in [0.15, 0.2) is 0 Å². The van der Waals surface area contributed by atoms with E-state index in [1.165, 1.54) is 24.3 Å². The van der Waals surface area contributed by atoms with Crippen LogP contribution in [0.4, 0.5) is 11.4 Å². The summed E-state index contributed by atoms with van der Waals surface area (Å²) in [5.74, 6) is -0.114. The molecule has 4 nitrogen and oxygen atoms in total. The van der Waals surface area contributed by atoms with Gasteiger partial charge in [-0.15, -0.1) is 0 Å². The Morgan fingerprint density at radius 1 is 0.688 bits per heavy atom. The first-order chi connectivity index (χ1) is 7.68. The minimum atomic E-state index is -0.0803. The second kappa shape index (κ2) is 4.02. The van der Waals surface area contributed by atoms with Gasteiger partial charge >= 0.3 is 0 Å². The van der Waals surface area contributed by atoms with Crippen LogP contribution >= 0.6 is 0 Å². The van der Waals surface area contributed by atoms with Crippen molar-refractivity contribution in [3.05, 3.63) is 42.5 Å². The molecule has 0 bridgehead atoms. The molecule has 0 spiro atoms. The number of phenolic OH excluding ortho intramolecular Hbond substituents is 3. The topological polar surface area (TPSA) is 72.7 Å². The van der Waals surface area contributed by atoms with Gasteiger partial charge in [-0.05, 0) is 24.3 Å². The summed E-state index contributed by atoms with van der Waals surface area (Å²) < 4.78 is 0. The fraction of sp³-hybridized carbons (Fsp3) is 0. The summed E-state index contributed by atoms with van der Waals surface area (Å²) in [6, 6.07) is 11.0. The second-order valence-corrected chi connectivity index (χ2v) is 3.31. The summed E-state index contributed by atoms with van der Waals surface area (Å²) in [6.07, 6.45) is 0. The maximum atomic E-state index is 9.54. The predicted molar refractivity (Wildman–Crippen MR) is 61.2 cm³/mol. The zero-order chi connectivity index (χ0) is 11.5. The summed E-state index contributed by atoms with van der Waals surface area (Å²) in [5.41, 5.74) is 0.586. The lowest BCUT2D eigenvalue weighted by atomic mass is 10.2. The summed E-state index contributed by atoms with van der Waals surface area (Å²) in [6.45, 7) is 0. The van der Waals surface area contributed by atoms with E-state index in [1.807, 2.05) is 0 Å². The molecular formula is C12H11NO3. The second-order valence-electron chi connectivity index (χ2n) is 3.31. The van der Waals surface area contributed by atoms with Gasteiger partial charge in [-0.3, -0.25) is 0 Å². The Bertz CT molecular complexity index is 491. The standard InChI is InChI=1S/C12H11NO3/c14-9-5-2-1-4-8(9)13-12-10(15)6-3-7-11(12)16/h1-7,13-16H. The van der Waals surface area contributed by atoms with E-state index in [0.29, 0.717) is 5.69 Å². The number of benzene rings is 2. The van der Waals surface area contributed by atoms with Gasteiger partial charge in [-0.1, -0.05) is 18.2 Å². The van der Waals surface area contributed by atoms with Crippen molar-refractivity contribution >= 4 is 11.4 Å². The number of hydrogen-bond donors (Lipinski definition) is 4. The molecule has 0 radical (unpaired) electrons. The summed E-state index contributed by atoms with van der Waals surface area (Å²) >= 11 is 0. The molecule has 0 atom stereocenters. The first-order valence-electron chi connectivity index (χ1n) is 4.74. The number of hydrogen-bond acceptors (Lipinski definition) is 4. The molecule has 2 rings (SSSR count). The number of rotatable bonds is 2. The zero-order valence-corrected chi connectivity index (χ0v) is 8.38. The molecule has 0 saturated heterocycles. The molecule has 0 aliphatic rings. The molecule has 0 heterocycles. The van der Waals surface area contributed by atoms with Gasteiger partial charge in [0.1, 0.15) is 22.9 Å². The maximum absolute atomic E-state index is 9.54. The van der Waals surface area contributed by atoms with E-state index in [0.717, 1.165) is 0 Å². The first kappa shape index (κ1) is 10.2. The Balaban J connectivity index is 2.38. The average molecular weight is 217 g/mol. The van der Waals surface area contributed by atoms with Gasteiger partial charge in [0.2, 0.25) is 0 Å². The quantitative estimate of drug-likeness (QED) is 0.583. The average Bonchev–Trinajstić information content (AvgIpc) is 2.26. The van der Waals surface area contributed by atoms with E-state index in [4.69, 9.17) is 0 Å². The maximum Gasteiger partial charge on any atom is 0.142 e. The van der Waals surface area contributed by atoms with Gasteiger partial charge in [0, 0.05) is 0 Å². The lowest BCUT2D eigenvalue weighted by Crippen LogP contribution is -1.91. The highest BCUT2D eigenvalue weighted by Gasteiger charge is 2.08. The molecular weight excluding hydrogens is 206 g/mol. The molecule has 16 heavy (non-hydrogen) atoms. The van der Waals surface area contributed by atoms with Crippen molar-refractivity contribution in [3.63, 3.8) is 0 Å². The van der Waals surface area contributed by atoms with E-state index in [2.05, 4.69) is 5.32 Å². The third kappa shape index (κ3) is 1.86. The Kier molecular flexibility index (Phi) is 2.55. The normalized spacial score (nSPS) is 10.0.